The van der Waals surface area contributed by atoms with Gasteiger partial charge in [0, 0.05) is 0 Å². The van der Waals surface area contributed by atoms with E-state index >= 15 is 0 Å². The molecule has 56 valence electrons. The van der Waals surface area contributed by atoms with Crippen molar-refractivity contribution < 1.29 is 9.53 Å². The first kappa shape index (κ1) is 7.05. The van der Waals surface area contributed by atoms with Crippen molar-refractivity contribution in [3.05, 3.63) is 0 Å². The summed E-state index contributed by atoms with van der Waals surface area (Å²) in [6, 6.07) is 0.00319. The van der Waals surface area contributed by atoms with Gasteiger partial charge in [-0.15, -0.1) is 0 Å². The first-order chi connectivity index (χ1) is 4.74. The lowest BCUT2D eigenvalue weighted by molar-refractivity contribution is -0.122. The topological polar surface area (TPSA) is 64.7 Å². The van der Waals surface area contributed by atoms with Crippen molar-refractivity contribution in [1.82, 2.24) is 0 Å². The van der Waals surface area contributed by atoms with Gasteiger partial charge in [-0.2, -0.15) is 4.99 Å². The SMILES string of the molecule is CCCC1OC(N)=NC1=O. The quantitative estimate of drug-likeness (QED) is 0.591. The summed E-state index contributed by atoms with van der Waals surface area (Å²) in [6.45, 7) is 1.98. The second kappa shape index (κ2) is 2.68. The Bertz CT molecular complexity index is 177. The highest BCUT2D eigenvalue weighted by Gasteiger charge is 2.25. The van der Waals surface area contributed by atoms with E-state index in [1.807, 2.05) is 6.92 Å². The summed E-state index contributed by atoms with van der Waals surface area (Å²) in [5.41, 5.74) is 5.15. The average molecular weight is 142 g/mol. The Hall–Kier alpha value is -1.06. The zero-order valence-electron chi connectivity index (χ0n) is 5.83. The summed E-state index contributed by atoms with van der Waals surface area (Å²) in [5, 5.41) is 0. The van der Waals surface area contributed by atoms with Gasteiger partial charge in [0.1, 0.15) is 0 Å². The Morgan fingerprint density at radius 2 is 2.50 bits per heavy atom. The molecule has 10 heavy (non-hydrogen) atoms. The summed E-state index contributed by atoms with van der Waals surface area (Å²) < 4.78 is 4.89. The Balaban J connectivity index is 2.47. The van der Waals surface area contributed by atoms with Crippen molar-refractivity contribution in [3.63, 3.8) is 0 Å². The smallest absolute Gasteiger partial charge is 0.291 e. The summed E-state index contributed by atoms with van der Waals surface area (Å²) in [6.07, 6.45) is 1.19. The minimum absolute atomic E-state index is 0.00319. The van der Waals surface area contributed by atoms with Gasteiger partial charge in [0.15, 0.2) is 6.10 Å². The van der Waals surface area contributed by atoms with Crippen molar-refractivity contribution in [1.29, 1.82) is 0 Å². The van der Waals surface area contributed by atoms with Gasteiger partial charge in [0.25, 0.3) is 11.9 Å². The van der Waals surface area contributed by atoms with Crippen LogP contribution >= 0.6 is 0 Å². The van der Waals surface area contributed by atoms with Gasteiger partial charge < -0.3 is 10.5 Å². The Morgan fingerprint density at radius 1 is 1.80 bits per heavy atom. The molecular formula is C6H10N2O2. The molecule has 4 heteroatoms. The van der Waals surface area contributed by atoms with Gasteiger partial charge in [-0.25, -0.2) is 0 Å². The summed E-state index contributed by atoms with van der Waals surface area (Å²) in [5.74, 6) is -0.251. The minimum Gasteiger partial charge on any atom is -0.452 e. The number of ether oxygens (including phenoxy) is 1. The summed E-state index contributed by atoms with van der Waals surface area (Å²) in [7, 11) is 0. The molecule has 0 aromatic rings. The van der Waals surface area contributed by atoms with E-state index in [4.69, 9.17) is 10.5 Å². The highest BCUT2D eigenvalue weighted by atomic mass is 16.5. The number of hydrogen-bond acceptors (Lipinski definition) is 3. The van der Waals surface area contributed by atoms with Crippen LogP contribution < -0.4 is 5.73 Å². The van der Waals surface area contributed by atoms with Crippen LogP contribution in [0.4, 0.5) is 0 Å². The molecule has 0 saturated heterocycles. The van der Waals surface area contributed by atoms with Gasteiger partial charge in [-0.3, -0.25) is 4.79 Å². The van der Waals surface area contributed by atoms with Gasteiger partial charge >= 0.3 is 0 Å². The average Bonchev–Trinajstić information content (AvgIpc) is 2.13. The Labute approximate surface area is 59.1 Å². The lowest BCUT2D eigenvalue weighted by Crippen LogP contribution is -2.19. The highest BCUT2D eigenvalue weighted by Crippen LogP contribution is 2.09. The van der Waals surface area contributed by atoms with Crippen molar-refractivity contribution in [2.75, 3.05) is 0 Å². The Morgan fingerprint density at radius 3 is 2.90 bits per heavy atom. The molecule has 0 spiro atoms. The van der Waals surface area contributed by atoms with E-state index in [-0.39, 0.29) is 11.9 Å². The largest absolute Gasteiger partial charge is 0.452 e. The number of nitrogens with zero attached hydrogens (tertiary/aromatic N) is 1. The third-order valence-corrected chi connectivity index (χ3v) is 1.31. The molecule has 0 bridgehead atoms. The molecule has 0 aliphatic carbocycles. The van der Waals surface area contributed by atoms with Crippen LogP contribution in [-0.2, 0) is 9.53 Å². The van der Waals surface area contributed by atoms with Gasteiger partial charge in [-0.1, -0.05) is 13.3 Å². The molecule has 1 heterocycles. The maximum atomic E-state index is 10.8. The van der Waals surface area contributed by atoms with E-state index in [1.54, 1.807) is 0 Å². The molecule has 2 N–H and O–H groups in total. The summed E-state index contributed by atoms with van der Waals surface area (Å²) >= 11 is 0. The number of nitrogens with two attached hydrogens (primary N) is 1. The maximum absolute atomic E-state index is 10.8. The van der Waals surface area contributed by atoms with Crippen LogP contribution in [0.25, 0.3) is 0 Å². The van der Waals surface area contributed by atoms with E-state index in [1.165, 1.54) is 0 Å². The summed E-state index contributed by atoms with van der Waals surface area (Å²) in [4.78, 5) is 14.2. The number of carbonyl (C=O) groups is 1. The lowest BCUT2D eigenvalue weighted by atomic mass is 10.2. The second-order valence-electron chi connectivity index (χ2n) is 2.18. The molecule has 0 aromatic heterocycles. The number of aliphatic imine (C=N–C) groups is 1. The monoisotopic (exact) mass is 142 g/mol. The maximum Gasteiger partial charge on any atom is 0.291 e. The molecule has 4 nitrogen and oxygen atoms in total. The van der Waals surface area contributed by atoms with Crippen LogP contribution in [-0.4, -0.2) is 18.0 Å². The zero-order valence-corrected chi connectivity index (χ0v) is 5.83. The Kier molecular flexibility index (Phi) is 1.89. The molecule has 1 rings (SSSR count). The highest BCUT2D eigenvalue weighted by molar-refractivity contribution is 5.97. The number of amides is 1. The molecule has 0 aromatic carbocycles. The standard InChI is InChI=1S/C6H10N2O2/c1-2-3-4-5(9)8-6(7)10-4/h4H,2-3H2,1H3,(H2,7,8,9). The second-order valence-corrected chi connectivity index (χ2v) is 2.18. The van der Waals surface area contributed by atoms with Crippen LogP contribution in [0, 0.1) is 0 Å². The molecule has 0 saturated carbocycles. The number of carbonyl (C=O) groups excluding carboxylic acids is 1. The molecule has 1 unspecified atom stereocenters. The lowest BCUT2D eigenvalue weighted by Gasteiger charge is -2.04. The third-order valence-electron chi connectivity index (χ3n) is 1.31. The molecule has 0 fully saturated rings. The molecule has 0 radical (unpaired) electrons. The van der Waals surface area contributed by atoms with Crippen LogP contribution in [0.3, 0.4) is 0 Å². The van der Waals surface area contributed by atoms with Crippen LogP contribution in [0.15, 0.2) is 4.99 Å². The van der Waals surface area contributed by atoms with Crippen molar-refractivity contribution >= 4 is 11.9 Å². The molecule has 1 amide bonds. The van der Waals surface area contributed by atoms with Crippen LogP contribution in [0.1, 0.15) is 19.8 Å². The fraction of sp³-hybridized carbons (Fsp3) is 0.667. The van der Waals surface area contributed by atoms with E-state index in [2.05, 4.69) is 4.99 Å². The predicted octanol–water partition coefficient (Wildman–Crippen LogP) is 0.0266. The van der Waals surface area contributed by atoms with E-state index < -0.39 is 6.10 Å². The van der Waals surface area contributed by atoms with Crippen molar-refractivity contribution in [3.8, 4) is 0 Å². The minimum atomic E-state index is -0.412. The first-order valence-electron chi connectivity index (χ1n) is 3.28. The van der Waals surface area contributed by atoms with Crippen molar-refractivity contribution in [2.45, 2.75) is 25.9 Å². The van der Waals surface area contributed by atoms with E-state index in [9.17, 15) is 4.79 Å². The van der Waals surface area contributed by atoms with Crippen LogP contribution in [0.5, 0.6) is 0 Å². The molecule has 1 atom stereocenters. The predicted molar refractivity (Wildman–Crippen MR) is 36.4 cm³/mol. The molecule has 1 aliphatic heterocycles. The first-order valence-corrected chi connectivity index (χ1v) is 3.28. The normalized spacial score (nSPS) is 24.3. The van der Waals surface area contributed by atoms with Crippen LogP contribution in [0.2, 0.25) is 0 Å². The van der Waals surface area contributed by atoms with Gasteiger partial charge in [0.05, 0.1) is 0 Å². The molecular weight excluding hydrogens is 132 g/mol. The van der Waals surface area contributed by atoms with Gasteiger partial charge in [-0.05, 0) is 6.42 Å². The fourth-order valence-corrected chi connectivity index (χ4v) is 0.848. The molecule has 1 aliphatic rings. The zero-order chi connectivity index (χ0) is 7.56. The number of rotatable bonds is 2. The third kappa shape index (κ3) is 1.26. The van der Waals surface area contributed by atoms with E-state index in [0.29, 0.717) is 6.42 Å². The van der Waals surface area contributed by atoms with Crippen molar-refractivity contribution in [2.24, 2.45) is 10.7 Å². The fourth-order valence-electron chi connectivity index (χ4n) is 0.848. The number of hydrogen-bond donors (Lipinski definition) is 1. The van der Waals surface area contributed by atoms with E-state index in [0.717, 1.165) is 6.42 Å². The van der Waals surface area contributed by atoms with Gasteiger partial charge in [0.2, 0.25) is 0 Å². The number of amidine groups is 1.